The summed E-state index contributed by atoms with van der Waals surface area (Å²) in [5.41, 5.74) is 1.01. The molecular formula is C29H32N6O7. The highest BCUT2D eigenvalue weighted by Crippen LogP contribution is 2.15. The Labute approximate surface area is 241 Å². The quantitative estimate of drug-likeness (QED) is 0.327. The Bertz CT molecular complexity index is 1420. The highest BCUT2D eigenvalue weighted by molar-refractivity contribution is 5.97. The van der Waals surface area contributed by atoms with Crippen LogP contribution in [0.2, 0.25) is 0 Å². The molecule has 3 aromatic rings. The minimum absolute atomic E-state index is 0.00993. The van der Waals surface area contributed by atoms with Crippen LogP contribution < -0.4 is 21.3 Å². The molecule has 1 aromatic carbocycles. The van der Waals surface area contributed by atoms with Gasteiger partial charge >= 0.3 is 5.97 Å². The molecule has 0 fully saturated rings. The van der Waals surface area contributed by atoms with Crippen LogP contribution >= 0.6 is 0 Å². The normalized spacial score (nSPS) is 20.0. The summed E-state index contributed by atoms with van der Waals surface area (Å²) in [7, 11) is 1.24. The Morgan fingerprint density at radius 3 is 2.55 bits per heavy atom. The second-order valence-electron chi connectivity index (χ2n) is 9.75. The number of carbonyl (C=O) groups is 5. The minimum atomic E-state index is -0.950. The number of amides is 4. The number of nitrogens with zero attached hydrogens (tertiary/aromatic N) is 2. The van der Waals surface area contributed by atoms with Gasteiger partial charge in [-0.05, 0) is 43.9 Å². The van der Waals surface area contributed by atoms with Crippen molar-refractivity contribution in [1.29, 1.82) is 0 Å². The van der Waals surface area contributed by atoms with E-state index >= 15 is 0 Å². The van der Waals surface area contributed by atoms with Crippen molar-refractivity contribution in [1.82, 2.24) is 31.2 Å². The van der Waals surface area contributed by atoms with Crippen molar-refractivity contribution >= 4 is 29.6 Å². The van der Waals surface area contributed by atoms with Crippen molar-refractivity contribution in [2.24, 2.45) is 0 Å². The topological polar surface area (TPSA) is 182 Å². The monoisotopic (exact) mass is 576 g/mol. The molecule has 4 N–H and O–H groups in total. The van der Waals surface area contributed by atoms with Crippen molar-refractivity contribution in [3.8, 4) is 0 Å². The van der Waals surface area contributed by atoms with E-state index in [1.807, 2.05) is 30.3 Å². The molecule has 1 aliphatic rings. The molecule has 2 bridgehead atoms. The Kier molecular flexibility index (Phi) is 9.98. The highest BCUT2D eigenvalue weighted by Gasteiger charge is 2.28. The first kappa shape index (κ1) is 29.9. The Hall–Kier alpha value is -5.07. The number of pyridine rings is 1. The predicted molar refractivity (Wildman–Crippen MR) is 148 cm³/mol. The van der Waals surface area contributed by atoms with Crippen LogP contribution in [0.25, 0.3) is 0 Å². The molecule has 0 unspecified atom stereocenters. The fourth-order valence-electron chi connectivity index (χ4n) is 4.33. The van der Waals surface area contributed by atoms with Gasteiger partial charge < -0.3 is 30.4 Å². The van der Waals surface area contributed by atoms with Gasteiger partial charge in [-0.3, -0.25) is 24.2 Å². The minimum Gasteiger partial charge on any atom is -0.465 e. The Morgan fingerprint density at radius 2 is 1.83 bits per heavy atom. The van der Waals surface area contributed by atoms with Crippen molar-refractivity contribution in [2.45, 2.75) is 50.7 Å². The van der Waals surface area contributed by atoms with Crippen molar-refractivity contribution < 1.29 is 33.1 Å². The summed E-state index contributed by atoms with van der Waals surface area (Å²) in [5.74, 6) is -2.57. The lowest BCUT2D eigenvalue weighted by Gasteiger charge is -2.21. The van der Waals surface area contributed by atoms with Gasteiger partial charge in [-0.25, -0.2) is 9.78 Å². The zero-order chi connectivity index (χ0) is 30.1. The molecule has 0 spiro atoms. The van der Waals surface area contributed by atoms with Gasteiger partial charge in [0.25, 0.3) is 11.8 Å². The average Bonchev–Trinajstić information content (AvgIpc) is 3.50. The van der Waals surface area contributed by atoms with E-state index in [1.165, 1.54) is 25.4 Å². The van der Waals surface area contributed by atoms with Crippen LogP contribution in [0.3, 0.4) is 0 Å². The van der Waals surface area contributed by atoms with Crippen LogP contribution in [-0.4, -0.2) is 65.3 Å². The first-order valence-electron chi connectivity index (χ1n) is 13.5. The van der Waals surface area contributed by atoms with Crippen LogP contribution in [0.15, 0.2) is 59.3 Å². The number of benzene rings is 1. The molecule has 1 aliphatic heterocycles. The van der Waals surface area contributed by atoms with Gasteiger partial charge in [0.15, 0.2) is 5.69 Å². The fourth-order valence-corrected chi connectivity index (χ4v) is 4.33. The number of fused-ring (bicyclic) bond motifs is 2. The largest absolute Gasteiger partial charge is 0.465 e. The molecule has 0 saturated heterocycles. The molecule has 13 heteroatoms. The summed E-state index contributed by atoms with van der Waals surface area (Å²) in [5, 5.41) is 11.0. The third-order valence-corrected chi connectivity index (χ3v) is 6.65. The SMILES string of the molecule is COC(=O)c1ccc(C(=O)N[C@H]2CCCCNC(=O)[C@H](Cc3ccccc3)NC(=O)c3coc(n3)[C@H](C)NC2=O)nc1. The number of carbonyl (C=O) groups excluding carboxylic acids is 5. The molecule has 4 amide bonds. The molecule has 42 heavy (non-hydrogen) atoms. The fraction of sp³-hybridized carbons (Fsp3) is 0.345. The Balaban J connectivity index is 1.50. The van der Waals surface area contributed by atoms with Crippen molar-refractivity contribution in [2.75, 3.05) is 13.7 Å². The van der Waals surface area contributed by atoms with E-state index in [0.29, 0.717) is 19.4 Å². The van der Waals surface area contributed by atoms with Gasteiger partial charge in [0.05, 0.1) is 12.7 Å². The number of hydrogen-bond donors (Lipinski definition) is 4. The van der Waals surface area contributed by atoms with E-state index in [1.54, 1.807) is 6.92 Å². The number of nitrogens with one attached hydrogen (secondary N) is 4. The maximum Gasteiger partial charge on any atom is 0.339 e. The molecule has 3 heterocycles. The van der Waals surface area contributed by atoms with Gasteiger partial charge in [-0.2, -0.15) is 0 Å². The summed E-state index contributed by atoms with van der Waals surface area (Å²) in [4.78, 5) is 72.0. The summed E-state index contributed by atoms with van der Waals surface area (Å²) < 4.78 is 10.1. The lowest BCUT2D eigenvalue weighted by Crippen LogP contribution is -2.49. The van der Waals surface area contributed by atoms with Crippen molar-refractivity contribution in [3.63, 3.8) is 0 Å². The first-order chi connectivity index (χ1) is 20.2. The summed E-state index contributed by atoms with van der Waals surface area (Å²) in [6.07, 6.45) is 3.91. The van der Waals surface area contributed by atoms with E-state index < -0.39 is 41.8 Å². The number of oxazole rings is 1. The number of methoxy groups -OCH3 is 1. The molecule has 3 atom stereocenters. The smallest absolute Gasteiger partial charge is 0.339 e. The van der Waals surface area contributed by atoms with Gasteiger partial charge in [-0.15, -0.1) is 0 Å². The summed E-state index contributed by atoms with van der Waals surface area (Å²) in [6.45, 7) is 1.93. The number of hydrogen-bond acceptors (Lipinski definition) is 9. The Morgan fingerprint density at radius 1 is 1.05 bits per heavy atom. The zero-order valence-electron chi connectivity index (χ0n) is 23.2. The summed E-state index contributed by atoms with van der Waals surface area (Å²) >= 11 is 0. The number of ether oxygens (including phenoxy) is 1. The molecule has 0 aliphatic carbocycles. The second-order valence-corrected chi connectivity index (χ2v) is 9.75. The standard InChI is InChI=1S/C29H32N6O7/c1-17-28-35-23(16-42-28)27(39)34-22(14-18-8-4-3-5-9-18)24(36)30-13-7-6-10-21(26(38)32-17)33-25(37)20-12-11-19(15-31-20)29(40)41-2/h3-5,8-9,11-12,15-17,21-22H,6-7,10,13-14H2,1-2H3,(H,30,36)(H,32,38)(H,33,37)(H,34,39)/t17-,21-,22-/m0/s1. The van der Waals surface area contributed by atoms with E-state index in [2.05, 4.69) is 36.0 Å². The maximum absolute atomic E-state index is 13.2. The van der Waals surface area contributed by atoms with Gasteiger partial charge in [0, 0.05) is 19.2 Å². The van der Waals surface area contributed by atoms with Crippen molar-refractivity contribution in [3.05, 3.63) is 83.3 Å². The van der Waals surface area contributed by atoms with Crippen LogP contribution in [0, 0.1) is 0 Å². The maximum atomic E-state index is 13.2. The highest BCUT2D eigenvalue weighted by atomic mass is 16.5. The van der Waals surface area contributed by atoms with E-state index in [9.17, 15) is 24.0 Å². The molecular weight excluding hydrogens is 544 g/mol. The van der Waals surface area contributed by atoms with Gasteiger partial charge in [-0.1, -0.05) is 30.3 Å². The molecule has 220 valence electrons. The molecule has 13 nitrogen and oxygen atoms in total. The number of esters is 1. The van der Waals surface area contributed by atoms with E-state index in [-0.39, 0.29) is 41.6 Å². The van der Waals surface area contributed by atoms with Crippen LogP contribution in [-0.2, 0) is 20.7 Å². The summed E-state index contributed by atoms with van der Waals surface area (Å²) in [6, 6.07) is 9.54. The number of aromatic nitrogens is 2. The third-order valence-electron chi connectivity index (χ3n) is 6.65. The van der Waals surface area contributed by atoms with Crippen LogP contribution in [0.5, 0.6) is 0 Å². The second kappa shape index (κ2) is 14.0. The predicted octanol–water partition coefficient (Wildman–Crippen LogP) is 1.47. The third kappa shape index (κ3) is 7.77. The van der Waals surface area contributed by atoms with Gasteiger partial charge in [0.2, 0.25) is 17.7 Å². The molecule has 0 saturated carbocycles. The first-order valence-corrected chi connectivity index (χ1v) is 13.5. The molecule has 2 aromatic heterocycles. The van der Waals surface area contributed by atoms with Crippen LogP contribution in [0.4, 0.5) is 0 Å². The van der Waals surface area contributed by atoms with E-state index in [4.69, 9.17) is 4.42 Å². The number of rotatable bonds is 5. The average molecular weight is 577 g/mol. The molecule has 4 rings (SSSR count). The lowest BCUT2D eigenvalue weighted by molar-refractivity contribution is -0.124. The van der Waals surface area contributed by atoms with E-state index in [0.717, 1.165) is 11.8 Å². The zero-order valence-corrected chi connectivity index (χ0v) is 23.2. The lowest BCUT2D eigenvalue weighted by atomic mass is 10.0. The van der Waals surface area contributed by atoms with Crippen LogP contribution in [0.1, 0.15) is 75.0 Å². The van der Waals surface area contributed by atoms with Gasteiger partial charge in [0.1, 0.15) is 30.1 Å². The molecule has 0 radical (unpaired) electrons.